The maximum Gasteiger partial charge on any atom is 0.123 e. The van der Waals surface area contributed by atoms with Crippen LogP contribution in [0.1, 0.15) is 19.4 Å². The largest absolute Gasteiger partial charge is 0.389 e. The van der Waals surface area contributed by atoms with E-state index in [2.05, 4.69) is 0 Å². The average Bonchev–Trinajstić information content (AvgIpc) is 2.40. The van der Waals surface area contributed by atoms with Gasteiger partial charge in [0.15, 0.2) is 0 Å². The molecule has 0 heterocycles. The molecule has 1 rings (SSSR count). The van der Waals surface area contributed by atoms with Crippen molar-refractivity contribution in [3.05, 3.63) is 35.6 Å². The topological polar surface area (TPSA) is 41.9 Å². The first-order valence-corrected chi connectivity index (χ1v) is 7.27. The Bertz CT molecular complexity index is 384. The molecule has 0 bridgehead atoms. The van der Waals surface area contributed by atoms with Crippen LogP contribution in [0.2, 0.25) is 0 Å². The first-order chi connectivity index (χ1) is 9.97. The van der Waals surface area contributed by atoms with Crippen molar-refractivity contribution >= 4 is 0 Å². The Balaban J connectivity index is 2.15. The van der Waals surface area contributed by atoms with Crippen molar-refractivity contribution in [1.82, 2.24) is 4.90 Å². The Morgan fingerprint density at radius 2 is 1.86 bits per heavy atom. The molecular weight excluding hydrogens is 273 g/mol. The van der Waals surface area contributed by atoms with Crippen LogP contribution in [-0.2, 0) is 16.0 Å². The van der Waals surface area contributed by atoms with Crippen molar-refractivity contribution in [3.63, 3.8) is 0 Å². The van der Waals surface area contributed by atoms with E-state index in [1.54, 1.807) is 12.1 Å². The smallest absolute Gasteiger partial charge is 0.123 e. The maximum atomic E-state index is 12.8. The van der Waals surface area contributed by atoms with Crippen molar-refractivity contribution < 1.29 is 19.0 Å². The van der Waals surface area contributed by atoms with E-state index in [4.69, 9.17) is 9.47 Å². The lowest BCUT2D eigenvalue weighted by Gasteiger charge is -2.20. The standard InChI is InChI=1S/C16H26FNO3/c1-13(2)21-9-8-20-12-16(19)11-18(3)10-14-4-6-15(17)7-5-14/h4-7,13,16,19H,8-12H2,1-3H3. The molecule has 1 N–H and O–H groups in total. The third-order valence-electron chi connectivity index (χ3n) is 2.88. The molecule has 21 heavy (non-hydrogen) atoms. The molecule has 1 unspecified atom stereocenters. The highest BCUT2D eigenvalue weighted by atomic mass is 19.1. The SMILES string of the molecule is CC(C)OCCOCC(O)CN(C)Cc1ccc(F)cc1. The van der Waals surface area contributed by atoms with Crippen LogP contribution < -0.4 is 0 Å². The summed E-state index contributed by atoms with van der Waals surface area (Å²) in [5, 5.41) is 9.88. The molecule has 0 aliphatic rings. The Kier molecular flexibility index (Phi) is 8.45. The highest BCUT2D eigenvalue weighted by molar-refractivity contribution is 5.15. The molecule has 0 fully saturated rings. The van der Waals surface area contributed by atoms with Crippen LogP contribution in [-0.4, -0.2) is 55.6 Å². The van der Waals surface area contributed by atoms with E-state index in [-0.39, 0.29) is 18.5 Å². The van der Waals surface area contributed by atoms with Gasteiger partial charge in [-0.3, -0.25) is 4.90 Å². The van der Waals surface area contributed by atoms with Gasteiger partial charge >= 0.3 is 0 Å². The zero-order chi connectivity index (χ0) is 15.7. The number of hydrogen-bond donors (Lipinski definition) is 1. The molecule has 0 radical (unpaired) electrons. The van der Waals surface area contributed by atoms with Gasteiger partial charge in [-0.25, -0.2) is 4.39 Å². The number of halogens is 1. The minimum atomic E-state index is -0.547. The number of nitrogens with zero attached hydrogens (tertiary/aromatic N) is 1. The molecule has 1 aromatic rings. The van der Waals surface area contributed by atoms with E-state index in [0.29, 0.717) is 26.3 Å². The number of aliphatic hydroxyl groups excluding tert-OH is 1. The van der Waals surface area contributed by atoms with Gasteiger partial charge in [0.2, 0.25) is 0 Å². The number of likely N-dealkylation sites (N-methyl/N-ethyl adjacent to an activating group) is 1. The van der Waals surface area contributed by atoms with Crippen LogP contribution in [0.3, 0.4) is 0 Å². The summed E-state index contributed by atoms with van der Waals surface area (Å²) >= 11 is 0. The van der Waals surface area contributed by atoms with Gasteiger partial charge < -0.3 is 14.6 Å². The molecule has 0 aromatic heterocycles. The molecule has 0 saturated carbocycles. The average molecular weight is 299 g/mol. The molecule has 1 atom stereocenters. The quantitative estimate of drug-likeness (QED) is 0.672. The van der Waals surface area contributed by atoms with Crippen molar-refractivity contribution in [2.24, 2.45) is 0 Å². The highest BCUT2D eigenvalue weighted by Gasteiger charge is 2.09. The second kappa shape index (κ2) is 9.84. The summed E-state index contributed by atoms with van der Waals surface area (Å²) in [7, 11) is 1.91. The number of rotatable bonds is 10. The molecule has 0 aliphatic carbocycles. The number of hydrogen-bond acceptors (Lipinski definition) is 4. The number of benzene rings is 1. The van der Waals surface area contributed by atoms with E-state index in [0.717, 1.165) is 5.56 Å². The van der Waals surface area contributed by atoms with Gasteiger partial charge in [-0.15, -0.1) is 0 Å². The predicted molar refractivity (Wildman–Crippen MR) is 80.6 cm³/mol. The molecule has 1 aromatic carbocycles. The molecule has 0 saturated heterocycles. The zero-order valence-electron chi connectivity index (χ0n) is 13.1. The molecule has 0 amide bonds. The molecule has 120 valence electrons. The summed E-state index contributed by atoms with van der Waals surface area (Å²) in [5.74, 6) is -0.238. The van der Waals surface area contributed by atoms with Gasteiger partial charge in [-0.05, 0) is 38.6 Å². The first kappa shape index (κ1) is 18.0. The summed E-state index contributed by atoms with van der Waals surface area (Å²) in [6.07, 6.45) is -0.352. The maximum absolute atomic E-state index is 12.8. The van der Waals surface area contributed by atoms with Crippen LogP contribution in [0, 0.1) is 5.82 Å². The van der Waals surface area contributed by atoms with Gasteiger partial charge in [-0.2, -0.15) is 0 Å². The van der Waals surface area contributed by atoms with Gasteiger partial charge in [0.25, 0.3) is 0 Å². The van der Waals surface area contributed by atoms with Gasteiger partial charge in [0, 0.05) is 13.1 Å². The van der Waals surface area contributed by atoms with Gasteiger partial charge in [-0.1, -0.05) is 12.1 Å². The predicted octanol–water partition coefficient (Wildman–Crippen LogP) is 2.06. The molecule has 5 heteroatoms. The van der Waals surface area contributed by atoms with Crippen molar-refractivity contribution in [2.75, 3.05) is 33.4 Å². The van der Waals surface area contributed by atoms with Gasteiger partial charge in [0.1, 0.15) is 5.82 Å². The van der Waals surface area contributed by atoms with Crippen LogP contribution >= 0.6 is 0 Å². The molecule has 0 aliphatic heterocycles. The summed E-state index contributed by atoms with van der Waals surface area (Å²) < 4.78 is 23.5. The second-order valence-electron chi connectivity index (χ2n) is 5.47. The molecular formula is C16H26FNO3. The second-order valence-corrected chi connectivity index (χ2v) is 5.47. The van der Waals surface area contributed by atoms with Crippen molar-refractivity contribution in [2.45, 2.75) is 32.6 Å². The fourth-order valence-electron chi connectivity index (χ4n) is 1.94. The fraction of sp³-hybridized carbons (Fsp3) is 0.625. The van der Waals surface area contributed by atoms with Crippen molar-refractivity contribution in [1.29, 1.82) is 0 Å². The third kappa shape index (κ3) is 8.78. The minimum Gasteiger partial charge on any atom is -0.389 e. The van der Waals surface area contributed by atoms with Crippen LogP contribution in [0.25, 0.3) is 0 Å². The lowest BCUT2D eigenvalue weighted by molar-refractivity contribution is -0.0174. The summed E-state index contributed by atoms with van der Waals surface area (Å²) in [6.45, 7) is 6.41. The zero-order valence-corrected chi connectivity index (χ0v) is 13.1. The monoisotopic (exact) mass is 299 g/mol. The number of ether oxygens (including phenoxy) is 2. The highest BCUT2D eigenvalue weighted by Crippen LogP contribution is 2.06. The van der Waals surface area contributed by atoms with E-state index < -0.39 is 6.10 Å². The molecule has 0 spiro atoms. The van der Waals surface area contributed by atoms with E-state index >= 15 is 0 Å². The summed E-state index contributed by atoms with van der Waals surface area (Å²) in [6, 6.07) is 6.38. The Morgan fingerprint density at radius 3 is 2.48 bits per heavy atom. The Labute approximate surface area is 126 Å². The van der Waals surface area contributed by atoms with Crippen LogP contribution in [0.5, 0.6) is 0 Å². The number of aliphatic hydroxyl groups is 1. The molecule has 4 nitrogen and oxygen atoms in total. The third-order valence-corrected chi connectivity index (χ3v) is 2.88. The summed E-state index contributed by atoms with van der Waals surface area (Å²) in [5.41, 5.74) is 1.01. The van der Waals surface area contributed by atoms with Crippen LogP contribution in [0.15, 0.2) is 24.3 Å². The van der Waals surface area contributed by atoms with Gasteiger partial charge in [0.05, 0.1) is 32.0 Å². The van der Waals surface area contributed by atoms with Crippen molar-refractivity contribution in [3.8, 4) is 0 Å². The van der Waals surface area contributed by atoms with E-state index in [1.165, 1.54) is 12.1 Å². The minimum absolute atomic E-state index is 0.195. The first-order valence-electron chi connectivity index (χ1n) is 7.27. The Morgan fingerprint density at radius 1 is 1.19 bits per heavy atom. The van der Waals surface area contributed by atoms with E-state index in [1.807, 2.05) is 25.8 Å². The lowest BCUT2D eigenvalue weighted by Crippen LogP contribution is -2.32. The summed E-state index contributed by atoms with van der Waals surface area (Å²) in [4.78, 5) is 1.98. The van der Waals surface area contributed by atoms with E-state index in [9.17, 15) is 9.50 Å². The normalized spacial score (nSPS) is 13.1. The van der Waals surface area contributed by atoms with Crippen LogP contribution in [0.4, 0.5) is 4.39 Å². The fourth-order valence-corrected chi connectivity index (χ4v) is 1.94. The Hall–Kier alpha value is -1.01. The lowest BCUT2D eigenvalue weighted by atomic mass is 10.2.